The molecule has 0 saturated heterocycles. The molecule has 0 bridgehead atoms. The number of aliphatic imine (C=N–C) groups is 2. The number of hydrogen-bond acceptors (Lipinski definition) is 3. The Bertz CT molecular complexity index is 1250. The van der Waals surface area contributed by atoms with Gasteiger partial charge in [-0.2, -0.15) is 0 Å². The molecule has 0 fully saturated rings. The molecule has 4 N–H and O–H groups in total. The molecular formula is C29H40N6O. The molecule has 0 saturated carbocycles. The summed E-state index contributed by atoms with van der Waals surface area (Å²) in [7, 11) is 0. The van der Waals surface area contributed by atoms with Gasteiger partial charge in [0.25, 0.3) is 0 Å². The summed E-state index contributed by atoms with van der Waals surface area (Å²) in [5.41, 5.74) is 13.2. The fraction of sp³-hybridized carbons (Fsp3) is 0.414. The van der Waals surface area contributed by atoms with Gasteiger partial charge in [-0.25, -0.2) is 4.99 Å². The predicted molar refractivity (Wildman–Crippen MR) is 152 cm³/mol. The van der Waals surface area contributed by atoms with Crippen LogP contribution in [-0.4, -0.2) is 54.8 Å². The number of carbonyl (C=O) groups is 1. The Balaban J connectivity index is 2.09. The molecule has 7 nitrogen and oxygen atoms in total. The normalized spacial score (nSPS) is 12.1. The molecule has 0 aliphatic heterocycles. The van der Waals surface area contributed by atoms with Crippen molar-refractivity contribution in [2.45, 2.75) is 53.4 Å². The lowest BCUT2D eigenvalue weighted by molar-refractivity contribution is -0.135. The summed E-state index contributed by atoms with van der Waals surface area (Å²) in [6.07, 6.45) is 0.730. The van der Waals surface area contributed by atoms with Crippen LogP contribution in [0.4, 0.5) is 0 Å². The highest BCUT2D eigenvalue weighted by atomic mass is 16.2. The number of likely N-dealkylation sites (N-methyl/N-ethyl adjacent to an activating group) is 1. The highest BCUT2D eigenvalue weighted by Gasteiger charge is 2.33. The zero-order chi connectivity index (χ0) is 26.5. The number of H-pyrrole nitrogens is 1. The minimum absolute atomic E-state index is 0.139. The van der Waals surface area contributed by atoms with Crippen molar-refractivity contribution in [2.24, 2.45) is 15.7 Å². The van der Waals surface area contributed by atoms with Crippen molar-refractivity contribution < 1.29 is 4.79 Å². The van der Waals surface area contributed by atoms with Crippen LogP contribution >= 0.6 is 0 Å². The van der Waals surface area contributed by atoms with E-state index in [4.69, 9.17) is 5.73 Å². The maximum Gasteiger partial charge on any atom is 0.232 e. The molecule has 1 amide bonds. The molecule has 1 aromatic heterocycles. The summed E-state index contributed by atoms with van der Waals surface area (Å²) < 4.78 is 0. The average Bonchev–Trinajstić information content (AvgIpc) is 3.20. The number of fused-ring (bicyclic) bond motifs is 1. The number of amides is 1. The van der Waals surface area contributed by atoms with Gasteiger partial charge in [-0.15, -0.1) is 0 Å². The maximum absolute atomic E-state index is 13.4. The number of carbonyl (C=O) groups excluding carboxylic acids is 1. The number of guanidine groups is 1. The molecule has 1 heterocycles. The zero-order valence-electron chi connectivity index (χ0n) is 22.5. The Morgan fingerprint density at radius 1 is 1.11 bits per heavy atom. The van der Waals surface area contributed by atoms with Gasteiger partial charge in [-0.3, -0.25) is 9.79 Å². The van der Waals surface area contributed by atoms with Crippen LogP contribution in [-0.2, 0) is 16.6 Å². The van der Waals surface area contributed by atoms with Gasteiger partial charge in [-0.1, -0.05) is 23.3 Å². The van der Waals surface area contributed by atoms with Gasteiger partial charge in [0.1, 0.15) is 6.67 Å². The van der Waals surface area contributed by atoms with Crippen LogP contribution in [0.25, 0.3) is 22.2 Å². The third-order valence-electron chi connectivity index (χ3n) is 6.75. The van der Waals surface area contributed by atoms with E-state index in [2.05, 4.69) is 77.2 Å². The van der Waals surface area contributed by atoms with E-state index in [1.807, 2.05) is 32.6 Å². The first-order valence-electron chi connectivity index (χ1n) is 12.6. The standard InChI is InChI=1S/C29H40N6O/c1-8-35(9-2)27(36)29(5,6)22-10-11-25-24(17-22)23(12-13-32-28(30)33-18-31-7)26(34-25)21-15-19(3)14-20(4)16-21/h10-11,14-17,34H,7-9,12-13,18H2,1-6H3,(H3,30,32,33). The lowest BCUT2D eigenvalue weighted by Crippen LogP contribution is -2.43. The largest absolute Gasteiger partial charge is 0.370 e. The number of aromatic nitrogens is 1. The number of aromatic amines is 1. The predicted octanol–water partition coefficient (Wildman–Crippen LogP) is 4.70. The van der Waals surface area contributed by atoms with Crippen molar-refractivity contribution in [3.8, 4) is 11.3 Å². The number of nitrogens with zero attached hydrogens (tertiary/aromatic N) is 3. The molecule has 0 radical (unpaired) electrons. The van der Waals surface area contributed by atoms with Gasteiger partial charge in [0.15, 0.2) is 5.96 Å². The van der Waals surface area contributed by atoms with Gasteiger partial charge >= 0.3 is 0 Å². The molecule has 3 rings (SSSR count). The first-order chi connectivity index (χ1) is 17.1. The van der Waals surface area contributed by atoms with Crippen molar-refractivity contribution in [1.82, 2.24) is 15.2 Å². The van der Waals surface area contributed by atoms with Gasteiger partial charge in [0, 0.05) is 36.2 Å². The smallest absolute Gasteiger partial charge is 0.232 e. The molecule has 0 atom stereocenters. The highest BCUT2D eigenvalue weighted by molar-refractivity contribution is 5.94. The second kappa shape index (κ2) is 11.4. The van der Waals surface area contributed by atoms with Crippen LogP contribution in [0.5, 0.6) is 0 Å². The minimum atomic E-state index is -0.637. The van der Waals surface area contributed by atoms with Crippen LogP contribution in [0.1, 0.15) is 49.9 Å². The van der Waals surface area contributed by atoms with E-state index >= 15 is 0 Å². The van der Waals surface area contributed by atoms with Gasteiger partial charge in [0.2, 0.25) is 5.91 Å². The molecule has 2 aromatic carbocycles. The first-order valence-corrected chi connectivity index (χ1v) is 12.6. The Labute approximate surface area is 214 Å². The lowest BCUT2D eigenvalue weighted by Gasteiger charge is -2.31. The molecule has 0 aliphatic carbocycles. The van der Waals surface area contributed by atoms with Crippen LogP contribution in [0, 0.1) is 13.8 Å². The van der Waals surface area contributed by atoms with Crippen LogP contribution < -0.4 is 11.1 Å². The quantitative estimate of drug-likeness (QED) is 0.285. The van der Waals surface area contributed by atoms with E-state index < -0.39 is 5.41 Å². The maximum atomic E-state index is 13.4. The summed E-state index contributed by atoms with van der Waals surface area (Å²) in [5.74, 6) is 0.488. The minimum Gasteiger partial charge on any atom is -0.370 e. The van der Waals surface area contributed by atoms with Crippen LogP contribution in [0.3, 0.4) is 0 Å². The van der Waals surface area contributed by atoms with E-state index in [1.165, 1.54) is 16.7 Å². The Morgan fingerprint density at radius 2 is 1.78 bits per heavy atom. The lowest BCUT2D eigenvalue weighted by atomic mass is 9.82. The summed E-state index contributed by atoms with van der Waals surface area (Å²) in [6, 6.07) is 12.9. The number of hydrogen-bond donors (Lipinski definition) is 3. The molecule has 0 aliphatic rings. The summed E-state index contributed by atoms with van der Waals surface area (Å²) >= 11 is 0. The van der Waals surface area contributed by atoms with E-state index in [9.17, 15) is 4.79 Å². The van der Waals surface area contributed by atoms with E-state index in [-0.39, 0.29) is 12.6 Å². The van der Waals surface area contributed by atoms with Gasteiger partial charge in [-0.05, 0) is 95.6 Å². The van der Waals surface area contributed by atoms with Crippen molar-refractivity contribution in [1.29, 1.82) is 0 Å². The van der Waals surface area contributed by atoms with Gasteiger partial charge < -0.3 is 20.9 Å². The second-order valence-corrected chi connectivity index (χ2v) is 9.80. The fourth-order valence-corrected chi connectivity index (χ4v) is 4.79. The number of nitrogens with two attached hydrogens (primary N) is 1. The third kappa shape index (κ3) is 5.78. The van der Waals surface area contributed by atoms with Crippen molar-refractivity contribution in [3.05, 3.63) is 58.7 Å². The Kier molecular flexibility index (Phi) is 8.56. The molecule has 36 heavy (non-hydrogen) atoms. The number of nitrogens with one attached hydrogen (secondary N) is 2. The molecular weight excluding hydrogens is 448 g/mol. The molecule has 0 spiro atoms. The topological polar surface area (TPSA) is 98.9 Å². The molecule has 192 valence electrons. The number of rotatable bonds is 10. The fourth-order valence-electron chi connectivity index (χ4n) is 4.79. The van der Waals surface area contributed by atoms with Crippen LogP contribution in [0.15, 0.2) is 46.4 Å². The van der Waals surface area contributed by atoms with E-state index in [1.54, 1.807) is 0 Å². The number of benzene rings is 2. The summed E-state index contributed by atoms with van der Waals surface area (Å²) in [4.78, 5) is 26.8. The van der Waals surface area contributed by atoms with Crippen molar-refractivity contribution in [3.63, 3.8) is 0 Å². The van der Waals surface area contributed by atoms with E-state index in [0.717, 1.165) is 34.1 Å². The Morgan fingerprint density at radius 3 is 2.39 bits per heavy atom. The summed E-state index contributed by atoms with van der Waals surface area (Å²) in [6.45, 7) is 18.0. The average molecular weight is 489 g/mol. The molecule has 7 heteroatoms. The Hall–Kier alpha value is -3.61. The second-order valence-electron chi connectivity index (χ2n) is 9.80. The van der Waals surface area contributed by atoms with Crippen LogP contribution in [0.2, 0.25) is 0 Å². The third-order valence-corrected chi connectivity index (χ3v) is 6.75. The molecule has 3 aromatic rings. The SMILES string of the molecule is C=NCN=C(N)NCCc1c(-c2cc(C)cc(C)c2)[nH]c2ccc(C(C)(C)C(=O)N(CC)CC)cc12. The summed E-state index contributed by atoms with van der Waals surface area (Å²) in [5, 5.41) is 4.30. The van der Waals surface area contributed by atoms with E-state index in [0.29, 0.717) is 25.6 Å². The zero-order valence-corrected chi connectivity index (χ0v) is 22.5. The highest BCUT2D eigenvalue weighted by Crippen LogP contribution is 2.35. The monoisotopic (exact) mass is 488 g/mol. The number of aryl methyl sites for hydroxylation is 2. The van der Waals surface area contributed by atoms with Gasteiger partial charge in [0.05, 0.1) is 5.41 Å². The van der Waals surface area contributed by atoms with Crippen molar-refractivity contribution in [2.75, 3.05) is 26.3 Å². The molecule has 0 unspecified atom stereocenters. The van der Waals surface area contributed by atoms with Crippen molar-refractivity contribution >= 4 is 29.5 Å². The first kappa shape index (κ1) is 27.0.